The summed E-state index contributed by atoms with van der Waals surface area (Å²) >= 11 is 4.02. The molecule has 2 bridgehead atoms. The number of rotatable bonds is 2. The van der Waals surface area contributed by atoms with E-state index in [0.717, 1.165) is 17.8 Å². The molecule has 3 aliphatic carbocycles. The van der Waals surface area contributed by atoms with E-state index in [1.807, 2.05) is 0 Å². The first-order valence-corrected chi connectivity index (χ1v) is 8.48. The Bertz CT molecular complexity index is 465. The molecule has 0 aliphatic heterocycles. The fraction of sp³-hybridized carbons (Fsp3) is 0.647. The van der Waals surface area contributed by atoms with Gasteiger partial charge < -0.3 is 0 Å². The largest absolute Gasteiger partial charge is 0.0836 e. The number of aryl methyl sites for hydroxylation is 2. The third-order valence-electron chi connectivity index (χ3n) is 5.61. The van der Waals surface area contributed by atoms with E-state index in [4.69, 9.17) is 0 Å². The molecule has 0 N–H and O–H groups in total. The van der Waals surface area contributed by atoms with Gasteiger partial charge in [0.25, 0.3) is 0 Å². The lowest BCUT2D eigenvalue weighted by atomic mass is 9.84. The van der Waals surface area contributed by atoms with Crippen molar-refractivity contribution < 1.29 is 0 Å². The molecule has 0 heterocycles. The first-order valence-electron chi connectivity index (χ1n) is 7.57. The average molecular weight is 305 g/mol. The van der Waals surface area contributed by atoms with Gasteiger partial charge in [-0.15, -0.1) is 0 Å². The van der Waals surface area contributed by atoms with Crippen molar-refractivity contribution in [3.8, 4) is 0 Å². The zero-order valence-corrected chi connectivity index (χ0v) is 12.5. The smallest absolute Gasteiger partial charge is 0.0426 e. The molecule has 0 spiro atoms. The monoisotopic (exact) mass is 304 g/mol. The Labute approximate surface area is 118 Å². The standard InChI is InChI=1S/C17H21Br/c18-17(16-9-11-4-5-14(16)8-11)15-7-6-12-2-1-3-13(12)10-15/h6-7,10-11,14,16-17H,1-5,8-9H2. The summed E-state index contributed by atoms with van der Waals surface area (Å²) in [5.41, 5.74) is 4.78. The fourth-order valence-corrected chi connectivity index (χ4v) is 5.60. The molecule has 1 heteroatoms. The van der Waals surface area contributed by atoms with Gasteiger partial charge in [0.2, 0.25) is 0 Å². The van der Waals surface area contributed by atoms with Crippen LogP contribution in [-0.4, -0.2) is 0 Å². The molecular formula is C17H21Br. The van der Waals surface area contributed by atoms with E-state index in [-0.39, 0.29) is 0 Å². The zero-order chi connectivity index (χ0) is 12.1. The molecular weight excluding hydrogens is 284 g/mol. The van der Waals surface area contributed by atoms with E-state index in [2.05, 4.69) is 34.1 Å². The van der Waals surface area contributed by atoms with Gasteiger partial charge in [0.05, 0.1) is 0 Å². The summed E-state index contributed by atoms with van der Waals surface area (Å²) in [6.45, 7) is 0. The Morgan fingerprint density at radius 1 is 1.06 bits per heavy atom. The third-order valence-corrected chi connectivity index (χ3v) is 6.82. The molecule has 1 aromatic carbocycles. The third kappa shape index (κ3) is 1.78. The number of fused-ring (bicyclic) bond motifs is 3. The normalized spacial score (nSPS) is 34.8. The van der Waals surface area contributed by atoms with Crippen LogP contribution in [0.25, 0.3) is 0 Å². The predicted molar refractivity (Wildman–Crippen MR) is 79.1 cm³/mol. The molecule has 0 amide bonds. The van der Waals surface area contributed by atoms with Gasteiger partial charge in [0.15, 0.2) is 0 Å². The lowest BCUT2D eigenvalue weighted by molar-refractivity contribution is 0.329. The molecule has 1 aromatic rings. The van der Waals surface area contributed by atoms with Crippen LogP contribution in [0.4, 0.5) is 0 Å². The van der Waals surface area contributed by atoms with Crippen LogP contribution < -0.4 is 0 Å². The zero-order valence-electron chi connectivity index (χ0n) is 10.9. The van der Waals surface area contributed by atoms with E-state index in [9.17, 15) is 0 Å². The summed E-state index contributed by atoms with van der Waals surface area (Å²) in [4.78, 5) is 0.610. The van der Waals surface area contributed by atoms with Crippen LogP contribution in [0.3, 0.4) is 0 Å². The van der Waals surface area contributed by atoms with Crippen molar-refractivity contribution in [3.05, 3.63) is 34.9 Å². The van der Waals surface area contributed by atoms with Crippen LogP contribution in [0.2, 0.25) is 0 Å². The minimum atomic E-state index is 0.610. The summed E-state index contributed by atoms with van der Waals surface area (Å²) in [7, 11) is 0. The van der Waals surface area contributed by atoms with Crippen LogP contribution in [0.5, 0.6) is 0 Å². The summed E-state index contributed by atoms with van der Waals surface area (Å²) < 4.78 is 0. The van der Waals surface area contributed by atoms with Gasteiger partial charge in [-0.2, -0.15) is 0 Å². The summed E-state index contributed by atoms with van der Waals surface area (Å²) in [6.07, 6.45) is 9.94. The second-order valence-corrected chi connectivity index (χ2v) is 7.61. The maximum atomic E-state index is 4.02. The number of hydrogen-bond donors (Lipinski definition) is 0. The van der Waals surface area contributed by atoms with Gasteiger partial charge in [-0.3, -0.25) is 0 Å². The van der Waals surface area contributed by atoms with Crippen LogP contribution in [0.15, 0.2) is 18.2 Å². The first kappa shape index (κ1) is 11.5. The van der Waals surface area contributed by atoms with Crippen molar-refractivity contribution in [2.75, 3.05) is 0 Å². The van der Waals surface area contributed by atoms with E-state index in [1.54, 1.807) is 16.7 Å². The Kier molecular flexibility index (Phi) is 2.80. The molecule has 4 unspecified atom stereocenters. The molecule has 18 heavy (non-hydrogen) atoms. The van der Waals surface area contributed by atoms with Gasteiger partial charge in [0, 0.05) is 4.83 Å². The van der Waals surface area contributed by atoms with Crippen molar-refractivity contribution in [2.45, 2.75) is 49.8 Å². The minimum absolute atomic E-state index is 0.610. The molecule has 0 aromatic heterocycles. The number of hydrogen-bond acceptors (Lipinski definition) is 0. The summed E-state index contributed by atoms with van der Waals surface area (Å²) in [6, 6.07) is 7.27. The van der Waals surface area contributed by atoms with Crippen LogP contribution in [0.1, 0.15) is 53.6 Å². The van der Waals surface area contributed by atoms with E-state index >= 15 is 0 Å². The van der Waals surface area contributed by atoms with E-state index in [0.29, 0.717) is 4.83 Å². The van der Waals surface area contributed by atoms with Crippen molar-refractivity contribution in [2.24, 2.45) is 17.8 Å². The van der Waals surface area contributed by atoms with Gasteiger partial charge in [0.1, 0.15) is 0 Å². The van der Waals surface area contributed by atoms with Crippen LogP contribution in [-0.2, 0) is 12.8 Å². The lowest BCUT2D eigenvalue weighted by Crippen LogP contribution is -2.15. The molecule has 2 saturated carbocycles. The van der Waals surface area contributed by atoms with Crippen LogP contribution in [0, 0.1) is 17.8 Å². The van der Waals surface area contributed by atoms with Gasteiger partial charge >= 0.3 is 0 Å². The predicted octanol–water partition coefficient (Wildman–Crippen LogP) is 5.05. The molecule has 96 valence electrons. The second-order valence-electron chi connectivity index (χ2n) is 6.62. The molecule has 2 fully saturated rings. The van der Waals surface area contributed by atoms with Crippen molar-refractivity contribution in [3.63, 3.8) is 0 Å². The molecule has 0 radical (unpaired) electrons. The highest BCUT2D eigenvalue weighted by atomic mass is 79.9. The van der Waals surface area contributed by atoms with Gasteiger partial charge in [-0.05, 0) is 73.0 Å². The lowest BCUT2D eigenvalue weighted by Gasteiger charge is -2.27. The molecule has 0 nitrogen and oxygen atoms in total. The number of benzene rings is 1. The second kappa shape index (κ2) is 4.37. The quantitative estimate of drug-likeness (QED) is 0.671. The highest BCUT2D eigenvalue weighted by Gasteiger charge is 2.42. The molecule has 0 saturated heterocycles. The molecule has 4 rings (SSSR count). The van der Waals surface area contributed by atoms with E-state index < -0.39 is 0 Å². The van der Waals surface area contributed by atoms with Crippen LogP contribution >= 0.6 is 15.9 Å². The minimum Gasteiger partial charge on any atom is -0.0836 e. The van der Waals surface area contributed by atoms with E-state index in [1.165, 1.54) is 44.9 Å². The van der Waals surface area contributed by atoms with Crippen molar-refractivity contribution in [1.82, 2.24) is 0 Å². The maximum Gasteiger partial charge on any atom is 0.0426 e. The Balaban J connectivity index is 1.59. The first-order chi connectivity index (χ1) is 8.81. The highest BCUT2D eigenvalue weighted by Crippen LogP contribution is 2.55. The number of halogens is 1. The Morgan fingerprint density at radius 3 is 2.72 bits per heavy atom. The Morgan fingerprint density at radius 2 is 1.94 bits per heavy atom. The summed E-state index contributed by atoms with van der Waals surface area (Å²) in [5, 5.41) is 0. The van der Waals surface area contributed by atoms with Gasteiger partial charge in [-0.1, -0.05) is 40.5 Å². The highest BCUT2D eigenvalue weighted by molar-refractivity contribution is 9.09. The Hall–Kier alpha value is -0.300. The number of alkyl halides is 1. The van der Waals surface area contributed by atoms with Crippen molar-refractivity contribution in [1.29, 1.82) is 0 Å². The van der Waals surface area contributed by atoms with Crippen molar-refractivity contribution >= 4 is 15.9 Å². The average Bonchev–Trinajstić information content (AvgIpc) is 3.12. The molecule has 4 atom stereocenters. The fourth-order valence-electron chi connectivity index (χ4n) is 4.66. The SMILES string of the molecule is BrC(c1ccc2c(c1)CCC2)C1CC2CCC1C2. The van der Waals surface area contributed by atoms with Gasteiger partial charge in [-0.25, -0.2) is 0 Å². The molecule has 3 aliphatic rings. The topological polar surface area (TPSA) is 0 Å². The maximum absolute atomic E-state index is 4.02. The summed E-state index contributed by atoms with van der Waals surface area (Å²) in [5.74, 6) is 2.96.